The van der Waals surface area contributed by atoms with Gasteiger partial charge in [0.25, 0.3) is 0 Å². The van der Waals surface area contributed by atoms with Crippen LogP contribution >= 0.6 is 0 Å². The standard InChI is InChI=1S/C15H24N2O.C2H6.H2O/c1-16(2)14-7-9-17(10-8-14)12-13-5-4-6-15(11-13)18-3;1-2;/h4-6,11,14H,7-10,12H2,1-3H3;1-2H3;1H2. The molecule has 0 saturated carbocycles. The van der Waals surface area contributed by atoms with Crippen molar-refractivity contribution < 1.29 is 10.2 Å². The molecule has 0 spiro atoms. The van der Waals surface area contributed by atoms with Crippen LogP contribution in [0.2, 0.25) is 0 Å². The third-order valence-electron chi connectivity index (χ3n) is 3.83. The summed E-state index contributed by atoms with van der Waals surface area (Å²) < 4.78 is 5.27. The number of likely N-dealkylation sites (tertiary alicyclic amines) is 1. The van der Waals surface area contributed by atoms with E-state index in [1.165, 1.54) is 31.5 Å². The highest BCUT2D eigenvalue weighted by molar-refractivity contribution is 5.28. The second-order valence-corrected chi connectivity index (χ2v) is 5.32. The molecule has 1 aliphatic rings. The third kappa shape index (κ3) is 6.46. The quantitative estimate of drug-likeness (QED) is 0.857. The Kier molecular flexibility index (Phi) is 10.0. The zero-order chi connectivity index (χ0) is 15.0. The van der Waals surface area contributed by atoms with Gasteiger partial charge in [0.05, 0.1) is 7.11 Å². The van der Waals surface area contributed by atoms with Crippen LogP contribution in [-0.2, 0) is 6.54 Å². The van der Waals surface area contributed by atoms with Gasteiger partial charge in [-0.2, -0.15) is 0 Å². The number of benzene rings is 1. The molecule has 1 aliphatic heterocycles. The van der Waals surface area contributed by atoms with Gasteiger partial charge in [-0.1, -0.05) is 26.0 Å². The molecule has 122 valence electrons. The fourth-order valence-corrected chi connectivity index (χ4v) is 2.62. The fourth-order valence-electron chi connectivity index (χ4n) is 2.62. The van der Waals surface area contributed by atoms with Crippen molar-refractivity contribution in [3.05, 3.63) is 29.8 Å². The molecule has 1 aromatic rings. The van der Waals surface area contributed by atoms with E-state index in [0.717, 1.165) is 18.3 Å². The Morgan fingerprint density at radius 1 is 1.19 bits per heavy atom. The summed E-state index contributed by atoms with van der Waals surface area (Å²) in [6.07, 6.45) is 2.55. The molecular formula is C17H32N2O2. The Morgan fingerprint density at radius 2 is 1.81 bits per heavy atom. The van der Waals surface area contributed by atoms with Gasteiger partial charge in [-0.05, 0) is 57.7 Å². The summed E-state index contributed by atoms with van der Waals surface area (Å²) in [5.41, 5.74) is 1.35. The predicted octanol–water partition coefficient (Wildman–Crippen LogP) is 2.42. The monoisotopic (exact) mass is 296 g/mol. The first-order valence-corrected chi connectivity index (χ1v) is 7.71. The van der Waals surface area contributed by atoms with Crippen molar-refractivity contribution in [2.24, 2.45) is 0 Å². The van der Waals surface area contributed by atoms with Crippen LogP contribution in [-0.4, -0.2) is 55.6 Å². The smallest absolute Gasteiger partial charge is 0.119 e. The number of hydrogen-bond acceptors (Lipinski definition) is 3. The second-order valence-electron chi connectivity index (χ2n) is 5.32. The third-order valence-corrected chi connectivity index (χ3v) is 3.83. The van der Waals surface area contributed by atoms with Gasteiger partial charge < -0.3 is 15.1 Å². The molecule has 2 rings (SSSR count). The van der Waals surface area contributed by atoms with Crippen molar-refractivity contribution in [3.63, 3.8) is 0 Å². The van der Waals surface area contributed by atoms with Gasteiger partial charge >= 0.3 is 0 Å². The molecule has 1 aromatic carbocycles. The number of rotatable bonds is 4. The van der Waals surface area contributed by atoms with E-state index in [0.29, 0.717) is 0 Å². The van der Waals surface area contributed by atoms with Crippen molar-refractivity contribution in [1.29, 1.82) is 0 Å². The van der Waals surface area contributed by atoms with Crippen molar-refractivity contribution >= 4 is 0 Å². The molecule has 2 N–H and O–H groups in total. The average Bonchev–Trinajstić information content (AvgIpc) is 2.50. The van der Waals surface area contributed by atoms with Crippen LogP contribution in [0.1, 0.15) is 32.3 Å². The van der Waals surface area contributed by atoms with Crippen LogP contribution in [0.4, 0.5) is 0 Å². The lowest BCUT2D eigenvalue weighted by Gasteiger charge is -2.35. The van der Waals surface area contributed by atoms with Crippen molar-refractivity contribution in [2.45, 2.75) is 39.3 Å². The predicted molar refractivity (Wildman–Crippen MR) is 89.9 cm³/mol. The summed E-state index contributed by atoms with van der Waals surface area (Å²) in [6, 6.07) is 9.15. The zero-order valence-electron chi connectivity index (χ0n) is 14.2. The number of nitrogens with zero attached hydrogens (tertiary/aromatic N) is 2. The van der Waals surface area contributed by atoms with E-state index in [4.69, 9.17) is 4.74 Å². The van der Waals surface area contributed by atoms with Crippen LogP contribution in [0.25, 0.3) is 0 Å². The SMILES string of the molecule is CC.COc1cccc(CN2CCC(N(C)C)CC2)c1.O. The summed E-state index contributed by atoms with van der Waals surface area (Å²) in [5.74, 6) is 0.954. The molecule has 0 aliphatic carbocycles. The number of methoxy groups -OCH3 is 1. The van der Waals surface area contributed by atoms with E-state index in [-0.39, 0.29) is 5.48 Å². The summed E-state index contributed by atoms with van der Waals surface area (Å²) >= 11 is 0. The van der Waals surface area contributed by atoms with Crippen molar-refractivity contribution in [1.82, 2.24) is 9.80 Å². The minimum atomic E-state index is 0. The average molecular weight is 296 g/mol. The Labute approximate surface area is 130 Å². The molecule has 1 heterocycles. The highest BCUT2D eigenvalue weighted by Gasteiger charge is 2.20. The van der Waals surface area contributed by atoms with E-state index >= 15 is 0 Å². The largest absolute Gasteiger partial charge is 0.497 e. The lowest BCUT2D eigenvalue weighted by atomic mass is 10.0. The first kappa shape index (κ1) is 19.9. The Bertz CT molecular complexity index is 375. The maximum absolute atomic E-state index is 5.27. The van der Waals surface area contributed by atoms with Gasteiger partial charge in [0.15, 0.2) is 0 Å². The zero-order valence-corrected chi connectivity index (χ0v) is 14.2. The summed E-state index contributed by atoms with van der Waals surface area (Å²) in [5, 5.41) is 0. The first-order chi connectivity index (χ1) is 9.69. The van der Waals surface area contributed by atoms with Crippen molar-refractivity contribution in [2.75, 3.05) is 34.3 Å². The fraction of sp³-hybridized carbons (Fsp3) is 0.647. The lowest BCUT2D eigenvalue weighted by molar-refractivity contribution is 0.140. The minimum absolute atomic E-state index is 0. The van der Waals surface area contributed by atoms with Crippen LogP contribution < -0.4 is 4.74 Å². The Balaban J connectivity index is 0.00000128. The van der Waals surface area contributed by atoms with Gasteiger partial charge in [0.2, 0.25) is 0 Å². The molecule has 0 bridgehead atoms. The van der Waals surface area contributed by atoms with Crippen LogP contribution in [0, 0.1) is 0 Å². The second kappa shape index (κ2) is 10.6. The molecule has 4 heteroatoms. The summed E-state index contributed by atoms with van der Waals surface area (Å²) in [7, 11) is 6.09. The van der Waals surface area contributed by atoms with E-state index in [9.17, 15) is 0 Å². The number of piperidine rings is 1. The molecule has 0 unspecified atom stereocenters. The molecular weight excluding hydrogens is 264 g/mol. The lowest BCUT2D eigenvalue weighted by Crippen LogP contribution is -2.41. The molecule has 1 saturated heterocycles. The van der Waals surface area contributed by atoms with E-state index in [2.05, 4.69) is 42.1 Å². The van der Waals surface area contributed by atoms with Gasteiger partial charge in [0, 0.05) is 12.6 Å². The van der Waals surface area contributed by atoms with E-state index in [1.54, 1.807) is 7.11 Å². The van der Waals surface area contributed by atoms with Crippen LogP contribution in [0.5, 0.6) is 5.75 Å². The maximum atomic E-state index is 5.27. The first-order valence-electron chi connectivity index (χ1n) is 7.71. The van der Waals surface area contributed by atoms with E-state index in [1.807, 2.05) is 19.9 Å². The molecule has 21 heavy (non-hydrogen) atoms. The normalized spacial score (nSPS) is 15.9. The topological polar surface area (TPSA) is 47.2 Å². The minimum Gasteiger partial charge on any atom is -0.497 e. The molecule has 0 radical (unpaired) electrons. The van der Waals surface area contributed by atoms with Gasteiger partial charge in [-0.25, -0.2) is 0 Å². The van der Waals surface area contributed by atoms with Gasteiger partial charge in [-0.3, -0.25) is 4.90 Å². The molecule has 0 aromatic heterocycles. The number of hydrogen-bond donors (Lipinski definition) is 0. The Morgan fingerprint density at radius 3 is 2.33 bits per heavy atom. The van der Waals surface area contributed by atoms with Crippen LogP contribution in [0.3, 0.4) is 0 Å². The highest BCUT2D eigenvalue weighted by Crippen LogP contribution is 2.18. The Hall–Kier alpha value is -1.10. The van der Waals surface area contributed by atoms with Gasteiger partial charge in [-0.15, -0.1) is 0 Å². The van der Waals surface area contributed by atoms with Gasteiger partial charge in [0.1, 0.15) is 5.75 Å². The molecule has 0 amide bonds. The van der Waals surface area contributed by atoms with Crippen LogP contribution in [0.15, 0.2) is 24.3 Å². The van der Waals surface area contributed by atoms with Crippen molar-refractivity contribution in [3.8, 4) is 5.75 Å². The molecule has 1 fully saturated rings. The highest BCUT2D eigenvalue weighted by atomic mass is 16.5. The summed E-state index contributed by atoms with van der Waals surface area (Å²) in [6.45, 7) is 7.43. The number of ether oxygens (including phenoxy) is 1. The van der Waals surface area contributed by atoms with E-state index < -0.39 is 0 Å². The molecule has 4 nitrogen and oxygen atoms in total. The maximum Gasteiger partial charge on any atom is 0.119 e. The molecule has 0 atom stereocenters. The summed E-state index contributed by atoms with van der Waals surface area (Å²) in [4.78, 5) is 4.89.